The average molecular weight is 293 g/mol. The van der Waals surface area contributed by atoms with E-state index in [4.69, 9.17) is 23.2 Å². The molecular weight excluding hydrogens is 275 g/mol. The molecule has 0 amide bonds. The van der Waals surface area contributed by atoms with Crippen molar-refractivity contribution in [3.05, 3.63) is 33.8 Å². The van der Waals surface area contributed by atoms with E-state index in [1.54, 1.807) is 0 Å². The van der Waals surface area contributed by atoms with E-state index in [9.17, 15) is 0 Å². The van der Waals surface area contributed by atoms with Crippen LogP contribution in [0.5, 0.6) is 0 Å². The Bertz CT molecular complexity index is 347. The maximum absolute atomic E-state index is 6.13. The van der Waals surface area contributed by atoms with Crippen LogP contribution in [0.2, 0.25) is 35.7 Å². The summed E-state index contributed by atoms with van der Waals surface area (Å²) in [6.07, 6.45) is 0. The summed E-state index contributed by atoms with van der Waals surface area (Å²) >= 11 is 14.0. The van der Waals surface area contributed by atoms with Crippen molar-refractivity contribution in [2.24, 2.45) is 0 Å². The molecule has 0 spiro atoms. The number of hydrogen-bond donors (Lipinski definition) is 0. The number of rotatable bonds is 5. The summed E-state index contributed by atoms with van der Waals surface area (Å²) in [5.74, 6) is 2.18. The Hall–Kier alpha value is 0.367. The van der Waals surface area contributed by atoms with Gasteiger partial charge < -0.3 is 0 Å². The predicted molar refractivity (Wildman–Crippen MR) is 80.8 cm³/mol. The van der Waals surface area contributed by atoms with E-state index in [0.29, 0.717) is 10.0 Å². The number of benzene rings is 1. The fourth-order valence-electron chi connectivity index (χ4n) is 1.22. The van der Waals surface area contributed by atoms with Gasteiger partial charge in [0.25, 0.3) is 0 Å². The molecule has 0 nitrogen and oxygen atoms in total. The van der Waals surface area contributed by atoms with Gasteiger partial charge in [-0.15, -0.1) is 0 Å². The lowest BCUT2D eigenvalue weighted by atomic mass is 10.2. The Morgan fingerprint density at radius 2 is 1.88 bits per heavy atom. The molecule has 4 heteroatoms. The van der Waals surface area contributed by atoms with Crippen LogP contribution in [-0.4, -0.2) is 13.8 Å². The second-order valence-corrected chi connectivity index (χ2v) is 12.6. The van der Waals surface area contributed by atoms with Gasteiger partial charge >= 0.3 is 0 Å². The predicted octanol–water partition coefficient (Wildman–Crippen LogP) is 5.56. The zero-order chi connectivity index (χ0) is 12.2. The zero-order valence-electron chi connectivity index (χ0n) is 10.0. The Labute approximate surface area is 114 Å². The summed E-state index contributed by atoms with van der Waals surface area (Å²) in [5, 5.41) is 1.37. The molecule has 1 rings (SSSR count). The van der Waals surface area contributed by atoms with Gasteiger partial charge in [-0.25, -0.2) is 0 Å². The fraction of sp³-hybridized carbons (Fsp3) is 0.500. The second kappa shape index (κ2) is 6.34. The molecule has 90 valence electrons. The van der Waals surface area contributed by atoms with Gasteiger partial charge in [-0.1, -0.05) is 55.0 Å². The molecule has 0 aromatic heterocycles. The topological polar surface area (TPSA) is 0 Å². The lowest BCUT2D eigenvalue weighted by molar-refractivity contribution is 1.34. The van der Waals surface area contributed by atoms with E-state index in [1.807, 2.05) is 23.9 Å². The summed E-state index contributed by atoms with van der Waals surface area (Å²) in [6.45, 7) is 7.21. The molecule has 0 N–H and O–H groups in total. The molecule has 0 saturated carbocycles. The van der Waals surface area contributed by atoms with Gasteiger partial charge in [0.1, 0.15) is 0 Å². The van der Waals surface area contributed by atoms with Gasteiger partial charge in [-0.05, 0) is 23.4 Å². The van der Waals surface area contributed by atoms with Crippen LogP contribution < -0.4 is 0 Å². The number of halogens is 2. The molecule has 0 radical (unpaired) electrons. The molecule has 0 aliphatic heterocycles. The van der Waals surface area contributed by atoms with E-state index in [0.717, 1.165) is 11.3 Å². The molecule has 0 fully saturated rings. The third-order valence-corrected chi connectivity index (χ3v) is 6.26. The van der Waals surface area contributed by atoms with Crippen molar-refractivity contribution in [3.63, 3.8) is 0 Å². The second-order valence-electron chi connectivity index (χ2n) is 5.08. The van der Waals surface area contributed by atoms with Crippen LogP contribution in [0.1, 0.15) is 5.56 Å². The van der Waals surface area contributed by atoms with Crippen LogP contribution in [0.3, 0.4) is 0 Å². The highest BCUT2D eigenvalue weighted by Gasteiger charge is 2.12. The van der Waals surface area contributed by atoms with Crippen LogP contribution >= 0.6 is 35.0 Å². The summed E-state index contributed by atoms with van der Waals surface area (Å²) in [6, 6.07) is 7.20. The Morgan fingerprint density at radius 3 is 2.50 bits per heavy atom. The van der Waals surface area contributed by atoms with Crippen LogP contribution in [0.4, 0.5) is 0 Å². The Morgan fingerprint density at radius 1 is 1.19 bits per heavy atom. The van der Waals surface area contributed by atoms with Crippen molar-refractivity contribution >= 4 is 43.0 Å². The largest absolute Gasteiger partial charge is 0.157 e. The van der Waals surface area contributed by atoms with Crippen LogP contribution in [0, 0.1) is 0 Å². The minimum atomic E-state index is -0.900. The minimum Gasteiger partial charge on any atom is -0.157 e. The van der Waals surface area contributed by atoms with Gasteiger partial charge in [0, 0.05) is 13.8 Å². The normalized spacial score (nSPS) is 11.8. The Balaban J connectivity index is 2.41. The molecule has 0 bridgehead atoms. The summed E-state index contributed by atoms with van der Waals surface area (Å²) in [5.41, 5.74) is 1.15. The van der Waals surface area contributed by atoms with Crippen molar-refractivity contribution in [3.8, 4) is 0 Å². The number of thioether (sulfide) groups is 1. The summed E-state index contributed by atoms with van der Waals surface area (Å²) < 4.78 is 0. The molecule has 16 heavy (non-hydrogen) atoms. The van der Waals surface area contributed by atoms with Gasteiger partial charge in [-0.3, -0.25) is 0 Å². The highest BCUT2D eigenvalue weighted by Crippen LogP contribution is 2.28. The maximum atomic E-state index is 6.13. The lowest BCUT2D eigenvalue weighted by Gasteiger charge is -2.15. The smallest absolute Gasteiger partial charge is 0.0632 e. The summed E-state index contributed by atoms with van der Waals surface area (Å²) in [7, 11) is -0.900. The van der Waals surface area contributed by atoms with Crippen LogP contribution in [-0.2, 0) is 5.75 Å². The first-order valence-corrected chi connectivity index (χ1v) is 11.0. The van der Waals surface area contributed by atoms with Gasteiger partial charge in [-0.2, -0.15) is 11.8 Å². The first-order valence-electron chi connectivity index (χ1n) is 5.41. The fourth-order valence-corrected chi connectivity index (χ4v) is 5.32. The number of hydrogen-bond acceptors (Lipinski definition) is 1. The van der Waals surface area contributed by atoms with E-state index in [-0.39, 0.29) is 0 Å². The molecule has 1 aromatic carbocycles. The quantitative estimate of drug-likeness (QED) is 0.505. The van der Waals surface area contributed by atoms with Gasteiger partial charge in [0.05, 0.1) is 10.0 Å². The van der Waals surface area contributed by atoms with Crippen molar-refractivity contribution in [1.29, 1.82) is 0 Å². The highest BCUT2D eigenvalue weighted by molar-refractivity contribution is 7.98. The van der Waals surface area contributed by atoms with Gasteiger partial charge in [0.2, 0.25) is 0 Å². The van der Waals surface area contributed by atoms with Crippen molar-refractivity contribution in [2.45, 2.75) is 31.4 Å². The molecule has 0 aliphatic carbocycles. The molecule has 1 aromatic rings. The van der Waals surface area contributed by atoms with E-state index in [1.165, 1.54) is 11.8 Å². The molecule has 0 saturated heterocycles. The van der Waals surface area contributed by atoms with Crippen molar-refractivity contribution in [2.75, 3.05) is 5.75 Å². The SMILES string of the molecule is C[Si](C)(C)CCSCc1cccc(Cl)c1Cl. The van der Waals surface area contributed by atoms with E-state index >= 15 is 0 Å². The minimum absolute atomic E-state index is 0.657. The first-order chi connectivity index (χ1) is 7.40. The molecule has 0 unspecified atom stereocenters. The van der Waals surface area contributed by atoms with Crippen molar-refractivity contribution < 1.29 is 0 Å². The first kappa shape index (κ1) is 14.4. The molecule has 0 aliphatic rings. The highest BCUT2D eigenvalue weighted by atomic mass is 35.5. The standard InChI is InChI=1S/C12H18Cl2SSi/c1-16(2,3)8-7-15-9-10-5-4-6-11(13)12(10)14/h4-6H,7-9H2,1-3H3. The zero-order valence-corrected chi connectivity index (χ0v) is 13.3. The van der Waals surface area contributed by atoms with E-state index in [2.05, 4.69) is 25.7 Å². The monoisotopic (exact) mass is 292 g/mol. The summed E-state index contributed by atoms with van der Waals surface area (Å²) in [4.78, 5) is 0. The van der Waals surface area contributed by atoms with Crippen LogP contribution in [0.25, 0.3) is 0 Å². The van der Waals surface area contributed by atoms with Crippen LogP contribution in [0.15, 0.2) is 18.2 Å². The molecule has 0 heterocycles. The molecule has 0 atom stereocenters. The van der Waals surface area contributed by atoms with Gasteiger partial charge in [0.15, 0.2) is 0 Å². The lowest BCUT2D eigenvalue weighted by Crippen LogP contribution is -2.19. The Kier molecular flexibility index (Phi) is 5.72. The maximum Gasteiger partial charge on any atom is 0.0632 e. The third kappa shape index (κ3) is 5.13. The third-order valence-electron chi connectivity index (χ3n) is 2.29. The van der Waals surface area contributed by atoms with Crippen molar-refractivity contribution in [1.82, 2.24) is 0 Å². The average Bonchev–Trinajstić information content (AvgIpc) is 2.17. The molecular formula is C12H18Cl2SSi. The van der Waals surface area contributed by atoms with E-state index < -0.39 is 8.07 Å².